The number of hydrogen-bond acceptors (Lipinski definition) is 2. The first-order valence-electron chi connectivity index (χ1n) is 5.38. The third-order valence-corrected chi connectivity index (χ3v) is 2.41. The highest BCUT2D eigenvalue weighted by molar-refractivity contribution is 9.10. The molecule has 0 atom stereocenters. The van der Waals surface area contributed by atoms with Gasteiger partial charge in [-0.2, -0.15) is 13.2 Å². The first kappa shape index (κ1) is 15.8. The van der Waals surface area contributed by atoms with Crippen LogP contribution in [-0.2, 0) is 4.79 Å². The molecule has 0 saturated heterocycles. The number of ether oxygens (including phenoxy) is 1. The number of carbonyl (C=O) groups excluding carboxylic acids is 1. The van der Waals surface area contributed by atoms with Gasteiger partial charge in [-0.05, 0) is 38.1 Å². The second-order valence-electron chi connectivity index (χ2n) is 4.35. The van der Waals surface area contributed by atoms with E-state index in [0.29, 0.717) is 5.69 Å². The molecule has 0 saturated carbocycles. The van der Waals surface area contributed by atoms with Crippen molar-refractivity contribution in [2.24, 2.45) is 0 Å². The summed E-state index contributed by atoms with van der Waals surface area (Å²) in [5.41, 5.74) is 0.483. The van der Waals surface area contributed by atoms with Gasteiger partial charge in [0.15, 0.2) is 6.61 Å². The molecule has 0 heterocycles. The van der Waals surface area contributed by atoms with Crippen LogP contribution >= 0.6 is 15.9 Å². The first-order chi connectivity index (χ1) is 8.58. The van der Waals surface area contributed by atoms with Crippen LogP contribution in [0.3, 0.4) is 0 Å². The summed E-state index contributed by atoms with van der Waals surface area (Å²) in [5.74, 6) is -0.162. The molecular weight excluding hydrogens is 327 g/mol. The van der Waals surface area contributed by atoms with Gasteiger partial charge in [0.2, 0.25) is 5.91 Å². The van der Waals surface area contributed by atoms with Gasteiger partial charge in [-0.1, -0.05) is 15.9 Å². The van der Waals surface area contributed by atoms with Gasteiger partial charge < -0.3 is 10.1 Å². The summed E-state index contributed by atoms with van der Waals surface area (Å²) in [6.45, 7) is 2.03. The highest BCUT2D eigenvalue weighted by Gasteiger charge is 2.28. The van der Waals surface area contributed by atoms with E-state index in [9.17, 15) is 18.0 Å². The molecule has 1 aromatic carbocycles. The van der Waals surface area contributed by atoms with Crippen LogP contribution in [0.2, 0.25) is 0 Å². The molecule has 1 aromatic rings. The molecule has 0 bridgehead atoms. The summed E-state index contributed by atoms with van der Waals surface area (Å²) in [6.07, 6.45) is -4.37. The molecule has 0 aliphatic carbocycles. The summed E-state index contributed by atoms with van der Waals surface area (Å²) < 4.78 is 39.6. The number of anilines is 1. The lowest BCUT2D eigenvalue weighted by atomic mass is 10.2. The summed E-state index contributed by atoms with van der Waals surface area (Å²) in [4.78, 5) is 11.6. The normalized spacial score (nSPS) is 12.1. The van der Waals surface area contributed by atoms with E-state index in [2.05, 4.69) is 26.0 Å². The fourth-order valence-corrected chi connectivity index (χ4v) is 1.18. The molecule has 0 radical (unpaired) electrons. The molecule has 1 N–H and O–H groups in total. The number of carbonyl (C=O) groups is 1. The number of benzene rings is 1. The van der Waals surface area contributed by atoms with Crippen molar-refractivity contribution in [2.45, 2.75) is 24.3 Å². The minimum Gasteiger partial charge on any atom is -0.484 e. The van der Waals surface area contributed by atoms with Crippen LogP contribution in [0.15, 0.2) is 24.3 Å². The maximum atomic E-state index is 11.9. The van der Waals surface area contributed by atoms with E-state index in [1.165, 1.54) is 24.3 Å². The van der Waals surface area contributed by atoms with E-state index in [1.54, 1.807) is 13.8 Å². The Morgan fingerprint density at radius 3 is 2.21 bits per heavy atom. The summed E-state index contributed by atoms with van der Waals surface area (Å²) in [7, 11) is 0. The van der Waals surface area contributed by atoms with Crippen molar-refractivity contribution in [2.75, 3.05) is 11.9 Å². The Hall–Kier alpha value is -1.24. The maximum Gasteiger partial charge on any atom is 0.422 e. The van der Waals surface area contributed by atoms with Crippen molar-refractivity contribution in [3.8, 4) is 5.75 Å². The van der Waals surface area contributed by atoms with Gasteiger partial charge in [0.05, 0.1) is 4.32 Å². The molecular formula is C12H13BrF3NO2. The molecule has 19 heavy (non-hydrogen) atoms. The molecule has 0 unspecified atom stereocenters. The topological polar surface area (TPSA) is 38.3 Å². The second kappa shape index (κ2) is 5.81. The monoisotopic (exact) mass is 339 g/mol. The van der Waals surface area contributed by atoms with Crippen molar-refractivity contribution >= 4 is 27.5 Å². The largest absolute Gasteiger partial charge is 0.484 e. The van der Waals surface area contributed by atoms with Crippen molar-refractivity contribution in [1.82, 2.24) is 0 Å². The molecule has 0 aliphatic heterocycles. The summed E-state index contributed by atoms with van der Waals surface area (Å²) >= 11 is 3.20. The van der Waals surface area contributed by atoms with Crippen molar-refractivity contribution in [3.63, 3.8) is 0 Å². The van der Waals surface area contributed by atoms with Crippen LogP contribution in [0.5, 0.6) is 5.75 Å². The fraction of sp³-hybridized carbons (Fsp3) is 0.417. The van der Waals surface area contributed by atoms with Gasteiger partial charge in [0.1, 0.15) is 5.75 Å². The highest BCUT2D eigenvalue weighted by atomic mass is 79.9. The Morgan fingerprint density at radius 1 is 1.26 bits per heavy atom. The van der Waals surface area contributed by atoms with Crippen LogP contribution in [0.4, 0.5) is 18.9 Å². The quantitative estimate of drug-likeness (QED) is 0.848. The minimum atomic E-state index is -4.37. The Morgan fingerprint density at radius 2 is 1.79 bits per heavy atom. The maximum absolute atomic E-state index is 11.9. The Bertz CT molecular complexity index is 438. The number of hydrogen-bond donors (Lipinski definition) is 1. The third kappa shape index (κ3) is 5.96. The first-order valence-corrected chi connectivity index (χ1v) is 6.17. The van der Waals surface area contributed by atoms with Crippen LogP contribution in [0, 0.1) is 0 Å². The number of nitrogens with one attached hydrogen (secondary N) is 1. The average Bonchev–Trinajstić information content (AvgIpc) is 2.26. The second-order valence-corrected chi connectivity index (χ2v) is 6.34. The SMILES string of the molecule is CC(C)(Br)C(=O)Nc1ccc(OCC(F)(F)F)cc1. The van der Waals surface area contributed by atoms with Gasteiger partial charge >= 0.3 is 6.18 Å². The Kier molecular flexibility index (Phi) is 4.84. The van der Waals surface area contributed by atoms with Gasteiger partial charge in [-0.15, -0.1) is 0 Å². The lowest BCUT2D eigenvalue weighted by Gasteiger charge is -2.16. The smallest absolute Gasteiger partial charge is 0.422 e. The van der Waals surface area contributed by atoms with Gasteiger partial charge in [-0.25, -0.2) is 0 Å². The summed E-state index contributed by atoms with van der Waals surface area (Å²) in [5, 5.41) is 2.62. The molecule has 0 aromatic heterocycles. The number of amides is 1. The zero-order valence-corrected chi connectivity index (χ0v) is 11.9. The Balaban J connectivity index is 2.60. The minimum absolute atomic E-state index is 0.0911. The van der Waals surface area contributed by atoms with E-state index >= 15 is 0 Å². The highest BCUT2D eigenvalue weighted by Crippen LogP contribution is 2.22. The molecule has 1 amide bonds. The van der Waals surface area contributed by atoms with Gasteiger partial charge in [0, 0.05) is 5.69 Å². The molecule has 0 fully saturated rings. The van der Waals surface area contributed by atoms with E-state index in [1.807, 2.05) is 0 Å². The van der Waals surface area contributed by atoms with Gasteiger partial charge in [-0.3, -0.25) is 4.79 Å². The van der Waals surface area contributed by atoms with Crippen LogP contribution < -0.4 is 10.1 Å². The average molecular weight is 340 g/mol. The molecule has 0 aliphatic rings. The molecule has 106 valence electrons. The number of alkyl halides is 4. The number of rotatable bonds is 4. The van der Waals surface area contributed by atoms with Crippen LogP contribution in [0.1, 0.15) is 13.8 Å². The van der Waals surface area contributed by atoms with Crippen LogP contribution in [0.25, 0.3) is 0 Å². The predicted octanol–water partition coefficient (Wildman–Crippen LogP) is 3.74. The Labute approximate surface area is 117 Å². The van der Waals surface area contributed by atoms with E-state index in [0.717, 1.165) is 0 Å². The van der Waals surface area contributed by atoms with Crippen LogP contribution in [-0.4, -0.2) is 23.0 Å². The zero-order chi connectivity index (χ0) is 14.7. The molecule has 7 heteroatoms. The lowest BCUT2D eigenvalue weighted by Crippen LogP contribution is -2.30. The van der Waals surface area contributed by atoms with E-state index in [4.69, 9.17) is 0 Å². The van der Waals surface area contributed by atoms with Gasteiger partial charge in [0.25, 0.3) is 0 Å². The zero-order valence-electron chi connectivity index (χ0n) is 10.3. The predicted molar refractivity (Wildman–Crippen MR) is 69.6 cm³/mol. The lowest BCUT2D eigenvalue weighted by molar-refractivity contribution is -0.153. The fourth-order valence-electron chi connectivity index (χ4n) is 1.08. The van der Waals surface area contributed by atoms with Crippen molar-refractivity contribution in [3.05, 3.63) is 24.3 Å². The molecule has 0 spiro atoms. The standard InChI is InChI=1S/C12H13BrF3NO2/c1-11(2,13)10(18)17-8-3-5-9(6-4-8)19-7-12(14,15)16/h3-6H,7H2,1-2H3,(H,17,18). The third-order valence-electron chi connectivity index (χ3n) is 2.05. The van der Waals surface area contributed by atoms with E-state index in [-0.39, 0.29) is 11.7 Å². The summed E-state index contributed by atoms with van der Waals surface area (Å²) in [6, 6.07) is 5.68. The van der Waals surface area contributed by atoms with Crippen molar-refractivity contribution < 1.29 is 22.7 Å². The number of halogens is 4. The molecule has 1 rings (SSSR count). The van der Waals surface area contributed by atoms with E-state index < -0.39 is 17.1 Å². The van der Waals surface area contributed by atoms with Crippen molar-refractivity contribution in [1.29, 1.82) is 0 Å². The molecule has 3 nitrogen and oxygen atoms in total.